The van der Waals surface area contributed by atoms with Crippen LogP contribution in [0.25, 0.3) is 0 Å². The lowest BCUT2D eigenvalue weighted by atomic mass is 10.1. The Hall–Kier alpha value is -1.91. The summed E-state index contributed by atoms with van der Waals surface area (Å²) in [5.41, 5.74) is 6.58. The van der Waals surface area contributed by atoms with Crippen molar-refractivity contribution in [3.05, 3.63) is 52.0 Å². The van der Waals surface area contributed by atoms with E-state index in [2.05, 4.69) is 5.32 Å². The molecular formula is C14H12Cl2N2O2. The molecule has 4 nitrogen and oxygen atoms in total. The van der Waals surface area contributed by atoms with Gasteiger partial charge in [0.2, 0.25) is 0 Å². The number of carbonyl (C=O) groups is 1. The summed E-state index contributed by atoms with van der Waals surface area (Å²) in [4.78, 5) is 11.8. The van der Waals surface area contributed by atoms with Crippen molar-refractivity contribution in [3.8, 4) is 11.5 Å². The van der Waals surface area contributed by atoms with Crippen molar-refractivity contribution in [1.29, 1.82) is 0 Å². The van der Waals surface area contributed by atoms with E-state index >= 15 is 0 Å². The van der Waals surface area contributed by atoms with Gasteiger partial charge in [0.15, 0.2) is 0 Å². The fourth-order valence-electron chi connectivity index (χ4n) is 1.66. The lowest BCUT2D eigenvalue weighted by Crippen LogP contribution is -2.18. The zero-order valence-corrected chi connectivity index (χ0v) is 12.1. The van der Waals surface area contributed by atoms with Gasteiger partial charge in [-0.25, -0.2) is 0 Å². The summed E-state index contributed by atoms with van der Waals surface area (Å²) in [5, 5.41) is 3.42. The van der Waals surface area contributed by atoms with E-state index in [-0.39, 0.29) is 5.91 Å². The van der Waals surface area contributed by atoms with Crippen LogP contribution < -0.4 is 15.8 Å². The summed E-state index contributed by atoms with van der Waals surface area (Å²) < 4.78 is 5.67. The van der Waals surface area contributed by atoms with E-state index in [9.17, 15) is 4.79 Å². The predicted octanol–water partition coefficient (Wildman–Crippen LogP) is 3.73. The van der Waals surface area contributed by atoms with Gasteiger partial charge < -0.3 is 15.8 Å². The Morgan fingerprint density at radius 1 is 1.15 bits per heavy atom. The number of anilines is 1. The number of hydrogen-bond acceptors (Lipinski definition) is 3. The summed E-state index contributed by atoms with van der Waals surface area (Å²) in [6, 6.07) is 9.58. The van der Waals surface area contributed by atoms with Crippen molar-refractivity contribution in [2.45, 2.75) is 0 Å². The molecule has 2 rings (SSSR count). The molecule has 0 atom stereocenters. The Bertz CT molecular complexity index is 639. The molecule has 0 unspecified atom stereocenters. The van der Waals surface area contributed by atoms with Gasteiger partial charge in [-0.05, 0) is 30.3 Å². The molecule has 0 radical (unpaired) electrons. The second kappa shape index (κ2) is 6.03. The van der Waals surface area contributed by atoms with Crippen LogP contribution in [0.3, 0.4) is 0 Å². The lowest BCUT2D eigenvalue weighted by Gasteiger charge is -2.11. The first-order valence-corrected chi connectivity index (χ1v) is 6.51. The second-order valence-electron chi connectivity index (χ2n) is 4.04. The quantitative estimate of drug-likeness (QED) is 0.849. The van der Waals surface area contributed by atoms with Gasteiger partial charge in [0, 0.05) is 28.8 Å². The number of halogens is 2. The van der Waals surface area contributed by atoms with Gasteiger partial charge in [0.1, 0.15) is 11.5 Å². The molecule has 0 fully saturated rings. The van der Waals surface area contributed by atoms with Crippen LogP contribution in [0.15, 0.2) is 36.4 Å². The zero-order valence-electron chi connectivity index (χ0n) is 10.6. The molecule has 0 aromatic heterocycles. The Morgan fingerprint density at radius 3 is 2.40 bits per heavy atom. The van der Waals surface area contributed by atoms with E-state index in [1.807, 2.05) is 0 Å². The topological polar surface area (TPSA) is 64.4 Å². The first-order valence-electron chi connectivity index (χ1n) is 5.75. The van der Waals surface area contributed by atoms with Crippen molar-refractivity contribution < 1.29 is 9.53 Å². The average Bonchev–Trinajstić information content (AvgIpc) is 2.37. The predicted molar refractivity (Wildman–Crippen MR) is 80.8 cm³/mol. The minimum atomic E-state index is -0.270. The average molecular weight is 311 g/mol. The van der Waals surface area contributed by atoms with Gasteiger partial charge in [-0.3, -0.25) is 4.79 Å². The number of carbonyl (C=O) groups excluding carboxylic acids is 1. The normalized spacial score (nSPS) is 10.2. The number of benzene rings is 2. The molecule has 104 valence electrons. The zero-order chi connectivity index (χ0) is 14.7. The van der Waals surface area contributed by atoms with Crippen LogP contribution >= 0.6 is 23.2 Å². The van der Waals surface area contributed by atoms with E-state index in [1.54, 1.807) is 43.4 Å². The van der Waals surface area contributed by atoms with E-state index < -0.39 is 0 Å². The van der Waals surface area contributed by atoms with Crippen LogP contribution in [0.5, 0.6) is 11.5 Å². The second-order valence-corrected chi connectivity index (χ2v) is 4.91. The first-order chi connectivity index (χ1) is 9.49. The molecule has 0 bridgehead atoms. The monoisotopic (exact) mass is 310 g/mol. The molecule has 20 heavy (non-hydrogen) atoms. The molecule has 2 aromatic rings. The van der Waals surface area contributed by atoms with Gasteiger partial charge in [-0.1, -0.05) is 23.2 Å². The summed E-state index contributed by atoms with van der Waals surface area (Å²) in [7, 11) is 1.54. The Labute approximate surface area is 126 Å². The smallest absolute Gasteiger partial charge is 0.254 e. The van der Waals surface area contributed by atoms with Crippen molar-refractivity contribution in [2.75, 3.05) is 12.8 Å². The number of ether oxygens (including phenoxy) is 1. The maximum Gasteiger partial charge on any atom is 0.254 e. The molecule has 0 aliphatic carbocycles. The summed E-state index contributed by atoms with van der Waals surface area (Å²) in [6.07, 6.45) is 0. The number of nitrogen functional groups attached to an aromatic ring is 1. The molecule has 0 aliphatic heterocycles. The molecular weight excluding hydrogens is 299 g/mol. The van der Waals surface area contributed by atoms with E-state index in [4.69, 9.17) is 33.7 Å². The third-order valence-electron chi connectivity index (χ3n) is 2.54. The van der Waals surface area contributed by atoms with Crippen LogP contribution in [0.2, 0.25) is 10.0 Å². The van der Waals surface area contributed by atoms with Gasteiger partial charge in [-0.2, -0.15) is 0 Å². The summed E-state index contributed by atoms with van der Waals surface area (Å²) in [5.74, 6) is 0.495. The molecule has 0 heterocycles. The fraction of sp³-hybridized carbons (Fsp3) is 0.0714. The van der Waals surface area contributed by atoms with Gasteiger partial charge in [0.05, 0.1) is 5.56 Å². The first kappa shape index (κ1) is 14.5. The molecule has 0 saturated heterocycles. The van der Waals surface area contributed by atoms with Crippen LogP contribution in [0, 0.1) is 0 Å². The standard InChI is InChI=1S/C14H12Cl2N2O2/c1-18-14(19)12-3-2-10(17)7-13(12)20-11-5-8(15)4-9(16)6-11/h2-7H,17H2,1H3,(H,18,19). The number of rotatable bonds is 3. The molecule has 0 saturated carbocycles. The highest BCUT2D eigenvalue weighted by molar-refractivity contribution is 6.34. The maximum absolute atomic E-state index is 11.8. The highest BCUT2D eigenvalue weighted by Gasteiger charge is 2.13. The summed E-state index contributed by atoms with van der Waals surface area (Å²) in [6.45, 7) is 0. The molecule has 6 heteroatoms. The third-order valence-corrected chi connectivity index (χ3v) is 2.98. The SMILES string of the molecule is CNC(=O)c1ccc(N)cc1Oc1cc(Cl)cc(Cl)c1. The number of hydrogen-bond donors (Lipinski definition) is 2. The van der Waals surface area contributed by atoms with Crippen molar-refractivity contribution >= 4 is 34.8 Å². The van der Waals surface area contributed by atoms with Crippen LogP contribution in [-0.2, 0) is 0 Å². The van der Waals surface area contributed by atoms with Crippen molar-refractivity contribution in [3.63, 3.8) is 0 Å². The van der Waals surface area contributed by atoms with E-state index in [0.29, 0.717) is 32.8 Å². The lowest BCUT2D eigenvalue weighted by molar-refractivity contribution is 0.0961. The third kappa shape index (κ3) is 3.35. The maximum atomic E-state index is 11.8. The minimum absolute atomic E-state index is 0.270. The van der Waals surface area contributed by atoms with Crippen LogP contribution in [0.4, 0.5) is 5.69 Å². The molecule has 0 spiro atoms. The highest BCUT2D eigenvalue weighted by atomic mass is 35.5. The van der Waals surface area contributed by atoms with Crippen LogP contribution in [0.1, 0.15) is 10.4 Å². The minimum Gasteiger partial charge on any atom is -0.456 e. The molecule has 0 aliphatic rings. The molecule has 2 aromatic carbocycles. The van der Waals surface area contributed by atoms with Gasteiger partial charge in [0.25, 0.3) is 5.91 Å². The molecule has 3 N–H and O–H groups in total. The Balaban J connectivity index is 2.41. The Kier molecular flexibility index (Phi) is 4.37. The number of amides is 1. The van der Waals surface area contributed by atoms with Gasteiger partial charge >= 0.3 is 0 Å². The highest BCUT2D eigenvalue weighted by Crippen LogP contribution is 2.31. The largest absolute Gasteiger partial charge is 0.456 e. The van der Waals surface area contributed by atoms with Crippen molar-refractivity contribution in [1.82, 2.24) is 5.32 Å². The fourth-order valence-corrected chi connectivity index (χ4v) is 2.17. The Morgan fingerprint density at radius 2 is 1.80 bits per heavy atom. The van der Waals surface area contributed by atoms with Crippen molar-refractivity contribution in [2.24, 2.45) is 0 Å². The van der Waals surface area contributed by atoms with E-state index in [0.717, 1.165) is 0 Å². The van der Waals surface area contributed by atoms with Gasteiger partial charge in [-0.15, -0.1) is 0 Å². The van der Waals surface area contributed by atoms with E-state index in [1.165, 1.54) is 0 Å². The summed E-state index contributed by atoms with van der Waals surface area (Å²) >= 11 is 11.8. The number of nitrogens with two attached hydrogens (primary N) is 1. The number of nitrogens with one attached hydrogen (secondary N) is 1. The van der Waals surface area contributed by atoms with Crippen LogP contribution in [-0.4, -0.2) is 13.0 Å². The molecule has 1 amide bonds.